The van der Waals surface area contributed by atoms with E-state index < -0.39 is 0 Å². The van der Waals surface area contributed by atoms with E-state index in [2.05, 4.69) is 61.2 Å². The molecule has 2 rings (SSSR count). The van der Waals surface area contributed by atoms with Crippen molar-refractivity contribution in [2.45, 2.75) is 36.0 Å². The zero-order chi connectivity index (χ0) is 13.0. The summed E-state index contributed by atoms with van der Waals surface area (Å²) in [4.78, 5) is 4.02. The maximum absolute atomic E-state index is 2.53. The molecule has 1 aromatic rings. The molecule has 2 unspecified atom stereocenters. The topological polar surface area (TPSA) is 3.24 Å². The van der Waals surface area contributed by atoms with E-state index in [9.17, 15) is 0 Å². The minimum atomic E-state index is 0.696. The highest BCUT2D eigenvalue weighted by Crippen LogP contribution is 2.37. The molecular formula is C15H23NS2. The van der Waals surface area contributed by atoms with Gasteiger partial charge in [-0.25, -0.2) is 0 Å². The maximum Gasteiger partial charge on any atom is 0.0263 e. The van der Waals surface area contributed by atoms with Gasteiger partial charge in [0.2, 0.25) is 0 Å². The summed E-state index contributed by atoms with van der Waals surface area (Å²) >= 11 is 4.01. The van der Waals surface area contributed by atoms with Gasteiger partial charge in [0, 0.05) is 22.7 Å². The first-order valence-electron chi connectivity index (χ1n) is 6.64. The number of hydrogen-bond donors (Lipinski definition) is 0. The van der Waals surface area contributed by atoms with Gasteiger partial charge in [-0.3, -0.25) is 0 Å². The summed E-state index contributed by atoms with van der Waals surface area (Å²) in [5, 5.41) is 0.740. The Morgan fingerprint density at radius 1 is 1.44 bits per heavy atom. The lowest BCUT2D eigenvalue weighted by atomic mass is 10.1. The van der Waals surface area contributed by atoms with Crippen molar-refractivity contribution < 1.29 is 0 Å². The van der Waals surface area contributed by atoms with E-state index in [0.717, 1.165) is 5.25 Å². The van der Waals surface area contributed by atoms with Crippen molar-refractivity contribution in [1.82, 2.24) is 4.90 Å². The molecular weight excluding hydrogens is 258 g/mol. The van der Waals surface area contributed by atoms with Crippen molar-refractivity contribution in [3.8, 4) is 0 Å². The second kappa shape index (κ2) is 6.88. The second-order valence-electron chi connectivity index (χ2n) is 5.12. The molecule has 0 saturated carbocycles. The van der Waals surface area contributed by atoms with Gasteiger partial charge in [-0.05, 0) is 50.5 Å². The van der Waals surface area contributed by atoms with Crippen LogP contribution in [-0.4, -0.2) is 41.8 Å². The number of fused-ring (bicyclic) bond motifs is 1. The SMILES string of the molecule is CSCCC(C)N(C)CC1Cc2ccccc2S1. The number of rotatable bonds is 6. The molecule has 2 atom stereocenters. The van der Waals surface area contributed by atoms with Gasteiger partial charge in [0.25, 0.3) is 0 Å². The number of benzene rings is 1. The zero-order valence-corrected chi connectivity index (χ0v) is 13.2. The molecule has 1 heterocycles. The van der Waals surface area contributed by atoms with Crippen LogP contribution in [0.2, 0.25) is 0 Å². The third-order valence-electron chi connectivity index (χ3n) is 3.70. The molecule has 0 bridgehead atoms. The predicted octanol–water partition coefficient (Wildman–Crippen LogP) is 3.78. The smallest absolute Gasteiger partial charge is 0.0263 e. The fourth-order valence-corrected chi connectivity index (χ4v) is 4.33. The molecule has 1 aliphatic heterocycles. The summed E-state index contributed by atoms with van der Waals surface area (Å²) in [6, 6.07) is 9.55. The average molecular weight is 281 g/mol. The predicted molar refractivity (Wildman–Crippen MR) is 84.9 cm³/mol. The molecule has 0 fully saturated rings. The van der Waals surface area contributed by atoms with Gasteiger partial charge in [-0.2, -0.15) is 11.8 Å². The monoisotopic (exact) mass is 281 g/mol. The van der Waals surface area contributed by atoms with Gasteiger partial charge < -0.3 is 4.90 Å². The van der Waals surface area contributed by atoms with Crippen molar-refractivity contribution in [2.24, 2.45) is 0 Å². The summed E-state index contributed by atoms with van der Waals surface area (Å²) in [6.45, 7) is 3.55. The molecule has 100 valence electrons. The van der Waals surface area contributed by atoms with E-state index in [0.29, 0.717) is 6.04 Å². The van der Waals surface area contributed by atoms with Crippen LogP contribution in [0.4, 0.5) is 0 Å². The third-order valence-corrected chi connectivity index (χ3v) is 5.64. The van der Waals surface area contributed by atoms with Crippen LogP contribution in [0, 0.1) is 0 Å². The Hall–Kier alpha value is -0.120. The van der Waals surface area contributed by atoms with E-state index in [-0.39, 0.29) is 0 Å². The molecule has 18 heavy (non-hydrogen) atoms. The summed E-state index contributed by atoms with van der Waals surface area (Å²) in [6.07, 6.45) is 4.72. The lowest BCUT2D eigenvalue weighted by Crippen LogP contribution is -2.35. The van der Waals surface area contributed by atoms with Crippen molar-refractivity contribution in [3.63, 3.8) is 0 Å². The van der Waals surface area contributed by atoms with Crippen LogP contribution in [0.3, 0.4) is 0 Å². The standard InChI is InChI=1S/C15H23NS2/c1-12(8-9-17-3)16(2)11-14-10-13-6-4-5-7-15(13)18-14/h4-7,12,14H,8-11H2,1-3H3. The molecule has 3 heteroatoms. The molecule has 1 nitrogen and oxygen atoms in total. The lowest BCUT2D eigenvalue weighted by Gasteiger charge is -2.26. The van der Waals surface area contributed by atoms with E-state index in [4.69, 9.17) is 0 Å². The maximum atomic E-state index is 2.53. The fraction of sp³-hybridized carbons (Fsp3) is 0.600. The normalized spacial score (nSPS) is 20.1. The van der Waals surface area contributed by atoms with Crippen LogP contribution < -0.4 is 0 Å². The molecule has 0 spiro atoms. The second-order valence-corrected chi connectivity index (χ2v) is 7.45. The Labute approximate surface area is 120 Å². The Bertz CT molecular complexity index is 356. The van der Waals surface area contributed by atoms with E-state index in [1.165, 1.54) is 35.6 Å². The van der Waals surface area contributed by atoms with Gasteiger partial charge >= 0.3 is 0 Å². The van der Waals surface area contributed by atoms with Gasteiger partial charge in [-0.1, -0.05) is 18.2 Å². The molecule has 0 saturated heterocycles. The number of nitrogens with zero attached hydrogens (tertiary/aromatic N) is 1. The Morgan fingerprint density at radius 3 is 2.94 bits per heavy atom. The molecule has 0 amide bonds. The molecule has 1 aromatic carbocycles. The Kier molecular flexibility index (Phi) is 5.46. The van der Waals surface area contributed by atoms with Gasteiger partial charge in [0.05, 0.1) is 0 Å². The van der Waals surface area contributed by atoms with Crippen molar-refractivity contribution in [3.05, 3.63) is 29.8 Å². The first-order valence-corrected chi connectivity index (χ1v) is 8.91. The van der Waals surface area contributed by atoms with Crippen LogP contribution in [0.25, 0.3) is 0 Å². The Morgan fingerprint density at radius 2 is 2.22 bits per heavy atom. The first-order chi connectivity index (χ1) is 8.70. The zero-order valence-electron chi connectivity index (χ0n) is 11.6. The van der Waals surface area contributed by atoms with Crippen molar-refractivity contribution >= 4 is 23.5 Å². The highest BCUT2D eigenvalue weighted by atomic mass is 32.2. The van der Waals surface area contributed by atoms with Gasteiger partial charge in [-0.15, -0.1) is 11.8 Å². The third kappa shape index (κ3) is 3.69. The molecule has 0 N–H and O–H groups in total. The van der Waals surface area contributed by atoms with Crippen LogP contribution in [0.1, 0.15) is 18.9 Å². The van der Waals surface area contributed by atoms with Crippen molar-refractivity contribution in [2.75, 3.05) is 25.6 Å². The minimum Gasteiger partial charge on any atom is -0.303 e. The summed E-state index contributed by atoms with van der Waals surface area (Å²) < 4.78 is 0. The minimum absolute atomic E-state index is 0.696. The van der Waals surface area contributed by atoms with Crippen molar-refractivity contribution in [1.29, 1.82) is 0 Å². The molecule has 0 aliphatic carbocycles. The fourth-order valence-electron chi connectivity index (χ4n) is 2.37. The largest absolute Gasteiger partial charge is 0.303 e. The van der Waals surface area contributed by atoms with E-state index in [1.807, 2.05) is 11.8 Å². The van der Waals surface area contributed by atoms with Gasteiger partial charge in [0.1, 0.15) is 0 Å². The quantitative estimate of drug-likeness (QED) is 0.781. The first kappa shape index (κ1) is 14.3. The van der Waals surface area contributed by atoms with Crippen LogP contribution >= 0.6 is 23.5 Å². The number of hydrogen-bond acceptors (Lipinski definition) is 3. The lowest BCUT2D eigenvalue weighted by molar-refractivity contribution is 0.254. The highest BCUT2D eigenvalue weighted by Gasteiger charge is 2.24. The number of thioether (sulfide) groups is 2. The molecule has 1 aliphatic rings. The van der Waals surface area contributed by atoms with E-state index >= 15 is 0 Å². The van der Waals surface area contributed by atoms with Crippen LogP contribution in [0.15, 0.2) is 29.2 Å². The van der Waals surface area contributed by atoms with Crippen LogP contribution in [0.5, 0.6) is 0 Å². The molecule has 0 aromatic heterocycles. The van der Waals surface area contributed by atoms with Gasteiger partial charge in [0.15, 0.2) is 0 Å². The average Bonchev–Trinajstić information content (AvgIpc) is 2.77. The summed E-state index contributed by atoms with van der Waals surface area (Å²) in [5.74, 6) is 1.27. The van der Waals surface area contributed by atoms with Crippen LogP contribution in [-0.2, 0) is 6.42 Å². The molecule has 0 radical (unpaired) electrons. The summed E-state index contributed by atoms with van der Waals surface area (Å²) in [5.41, 5.74) is 1.54. The summed E-state index contributed by atoms with van der Waals surface area (Å²) in [7, 11) is 2.27. The van der Waals surface area contributed by atoms with E-state index in [1.54, 1.807) is 0 Å². The Balaban J connectivity index is 1.82. The highest BCUT2D eigenvalue weighted by molar-refractivity contribution is 8.00.